The van der Waals surface area contributed by atoms with Crippen LogP contribution in [0.5, 0.6) is 5.75 Å². The topological polar surface area (TPSA) is 88.1 Å². The summed E-state index contributed by atoms with van der Waals surface area (Å²) in [5, 5.41) is 4.54. The number of carbonyl (C=O) groups is 1. The Morgan fingerprint density at radius 1 is 1.06 bits per heavy atom. The molecule has 1 N–H and O–H groups in total. The Hall–Kier alpha value is -2.58. The maximum absolute atomic E-state index is 13.5. The zero-order valence-corrected chi connectivity index (χ0v) is 20.6. The Morgan fingerprint density at radius 2 is 1.70 bits per heavy atom. The summed E-state index contributed by atoms with van der Waals surface area (Å²) in [5.74, 6) is -0.111. The molecule has 0 aromatic heterocycles. The van der Waals surface area contributed by atoms with E-state index >= 15 is 0 Å². The first-order valence-electron chi connectivity index (χ1n) is 11.1. The van der Waals surface area contributed by atoms with Crippen LogP contribution in [0.2, 0.25) is 5.02 Å². The molecule has 0 aliphatic heterocycles. The molecule has 1 aliphatic rings. The monoisotopic (exact) mass is 491 g/mol. The number of sulfonamides is 1. The molecule has 1 fully saturated rings. The lowest BCUT2D eigenvalue weighted by molar-refractivity contribution is -0.119. The summed E-state index contributed by atoms with van der Waals surface area (Å²) in [6.45, 7) is 1.44. The van der Waals surface area contributed by atoms with Gasteiger partial charge in [-0.05, 0) is 62.9 Å². The average molecular weight is 492 g/mol. The Morgan fingerprint density at radius 3 is 2.30 bits per heavy atom. The Bertz CT molecular complexity index is 1090. The van der Waals surface area contributed by atoms with Crippen LogP contribution in [-0.2, 0) is 14.8 Å². The number of amides is 1. The highest BCUT2D eigenvalue weighted by Gasteiger charge is 2.28. The number of anilines is 1. The maximum Gasteiger partial charge on any atom is 0.264 e. The lowest BCUT2D eigenvalue weighted by Crippen LogP contribution is -2.39. The number of benzene rings is 2. The number of nitrogens with zero attached hydrogens (tertiary/aromatic N) is 2. The van der Waals surface area contributed by atoms with Crippen molar-refractivity contribution in [2.24, 2.45) is 5.10 Å². The molecule has 2 aromatic rings. The minimum absolute atomic E-state index is 0.0826. The molecule has 0 unspecified atom stereocenters. The van der Waals surface area contributed by atoms with Crippen LogP contribution in [-0.4, -0.2) is 33.7 Å². The van der Waals surface area contributed by atoms with Crippen molar-refractivity contribution in [2.45, 2.75) is 56.8 Å². The van der Waals surface area contributed by atoms with E-state index in [1.165, 1.54) is 31.7 Å². The second kappa shape index (κ2) is 11.5. The number of carbonyl (C=O) groups excluding carboxylic acids is 1. The van der Waals surface area contributed by atoms with Crippen LogP contribution in [0.3, 0.4) is 0 Å². The van der Waals surface area contributed by atoms with Crippen LogP contribution >= 0.6 is 11.6 Å². The van der Waals surface area contributed by atoms with E-state index in [1.807, 2.05) is 6.92 Å². The van der Waals surface area contributed by atoms with Crippen molar-refractivity contribution in [3.05, 3.63) is 53.1 Å². The van der Waals surface area contributed by atoms with E-state index in [-0.39, 0.29) is 15.6 Å². The van der Waals surface area contributed by atoms with Gasteiger partial charge in [-0.1, -0.05) is 48.6 Å². The average Bonchev–Trinajstić information content (AvgIpc) is 2.77. The summed E-state index contributed by atoms with van der Waals surface area (Å²) in [5.41, 5.74) is 4.69. The molecule has 3 rings (SSSR count). The fourth-order valence-corrected chi connectivity index (χ4v) is 5.36. The first kappa shape index (κ1) is 25.1. The van der Waals surface area contributed by atoms with Crippen LogP contribution in [0.25, 0.3) is 0 Å². The molecule has 1 amide bonds. The van der Waals surface area contributed by atoms with Gasteiger partial charge in [0, 0.05) is 5.71 Å². The van der Waals surface area contributed by atoms with Gasteiger partial charge >= 0.3 is 0 Å². The van der Waals surface area contributed by atoms with Gasteiger partial charge in [0.2, 0.25) is 0 Å². The quantitative estimate of drug-likeness (QED) is 0.548. The molecular formula is C24H30ClN3O4S. The zero-order valence-electron chi connectivity index (χ0n) is 19.0. The first-order chi connectivity index (χ1) is 15.8. The molecule has 33 heavy (non-hydrogen) atoms. The maximum atomic E-state index is 13.5. The zero-order chi connectivity index (χ0) is 23.8. The van der Waals surface area contributed by atoms with Gasteiger partial charge in [0.05, 0.1) is 22.7 Å². The second-order valence-corrected chi connectivity index (χ2v) is 10.4. The van der Waals surface area contributed by atoms with E-state index < -0.39 is 22.5 Å². The number of ether oxygens (including phenoxy) is 1. The minimum atomic E-state index is -4.03. The van der Waals surface area contributed by atoms with Crippen LogP contribution in [0, 0.1) is 6.92 Å². The Balaban J connectivity index is 1.87. The highest BCUT2D eigenvalue weighted by atomic mass is 35.5. The van der Waals surface area contributed by atoms with Crippen molar-refractivity contribution < 1.29 is 17.9 Å². The van der Waals surface area contributed by atoms with Crippen molar-refractivity contribution in [3.8, 4) is 5.75 Å². The summed E-state index contributed by atoms with van der Waals surface area (Å²) >= 11 is 6.25. The Labute approximate surface area is 200 Å². The fraction of sp³-hybridized carbons (Fsp3) is 0.417. The number of hydrogen-bond donors (Lipinski definition) is 1. The van der Waals surface area contributed by atoms with E-state index in [2.05, 4.69) is 10.5 Å². The molecule has 1 aliphatic carbocycles. The normalized spacial score (nSPS) is 14.7. The highest BCUT2D eigenvalue weighted by molar-refractivity contribution is 7.92. The number of methoxy groups -OCH3 is 1. The van der Waals surface area contributed by atoms with Crippen LogP contribution in [0.15, 0.2) is 52.5 Å². The Kier molecular flexibility index (Phi) is 8.74. The first-order valence-corrected chi connectivity index (χ1v) is 12.9. The number of hydrazone groups is 1. The van der Waals surface area contributed by atoms with Gasteiger partial charge in [0.1, 0.15) is 12.3 Å². The van der Waals surface area contributed by atoms with E-state index in [1.54, 1.807) is 24.3 Å². The van der Waals surface area contributed by atoms with Gasteiger partial charge in [-0.3, -0.25) is 9.10 Å². The van der Waals surface area contributed by atoms with Crippen LogP contribution in [0.4, 0.5) is 5.69 Å². The number of aryl methyl sites for hydroxylation is 1. The third-order valence-corrected chi connectivity index (χ3v) is 7.67. The van der Waals surface area contributed by atoms with Gasteiger partial charge in [-0.2, -0.15) is 5.10 Å². The van der Waals surface area contributed by atoms with Crippen LogP contribution < -0.4 is 14.5 Å². The standard InChI is InChI=1S/C24H30ClN3O4S/c1-18-10-13-21(14-11-18)33(30,31)28(20-12-15-23(32-2)22(25)16-20)17-24(29)27-26-19-8-6-4-3-5-7-9-19/h10-16H,3-9,17H2,1-2H3,(H,27,29). The van der Waals surface area contributed by atoms with E-state index in [4.69, 9.17) is 16.3 Å². The number of hydrogen-bond acceptors (Lipinski definition) is 5. The second-order valence-electron chi connectivity index (χ2n) is 8.12. The lowest BCUT2D eigenvalue weighted by Gasteiger charge is -2.24. The van der Waals surface area contributed by atoms with E-state index in [0.29, 0.717) is 5.75 Å². The molecule has 0 atom stereocenters. The largest absolute Gasteiger partial charge is 0.495 e. The summed E-state index contributed by atoms with van der Waals surface area (Å²) < 4.78 is 33.2. The minimum Gasteiger partial charge on any atom is -0.495 e. The van der Waals surface area contributed by atoms with Crippen LogP contribution in [0.1, 0.15) is 50.5 Å². The summed E-state index contributed by atoms with van der Waals surface area (Å²) in [7, 11) is -2.56. The van der Waals surface area contributed by atoms with Gasteiger partial charge in [0.15, 0.2) is 0 Å². The summed E-state index contributed by atoms with van der Waals surface area (Å²) in [6.07, 6.45) is 7.34. The molecule has 1 saturated carbocycles. The van der Waals surface area contributed by atoms with E-state index in [9.17, 15) is 13.2 Å². The fourth-order valence-electron chi connectivity index (χ4n) is 3.70. The third-order valence-electron chi connectivity index (χ3n) is 5.59. The van der Waals surface area contributed by atoms with Gasteiger partial charge in [-0.15, -0.1) is 0 Å². The molecule has 9 heteroatoms. The van der Waals surface area contributed by atoms with Crippen molar-refractivity contribution in [2.75, 3.05) is 18.0 Å². The van der Waals surface area contributed by atoms with Crippen molar-refractivity contribution in [1.82, 2.24) is 5.43 Å². The summed E-state index contributed by atoms with van der Waals surface area (Å²) in [4.78, 5) is 12.9. The smallest absolute Gasteiger partial charge is 0.264 e. The van der Waals surface area contributed by atoms with Crippen molar-refractivity contribution >= 4 is 38.9 Å². The predicted octanol–water partition coefficient (Wildman–Crippen LogP) is 5.07. The predicted molar refractivity (Wildman–Crippen MR) is 132 cm³/mol. The summed E-state index contributed by atoms with van der Waals surface area (Å²) in [6, 6.07) is 11.1. The van der Waals surface area contributed by atoms with Gasteiger partial charge in [0.25, 0.3) is 15.9 Å². The molecule has 7 nitrogen and oxygen atoms in total. The molecule has 178 valence electrons. The molecule has 0 heterocycles. The molecular weight excluding hydrogens is 462 g/mol. The lowest BCUT2D eigenvalue weighted by atomic mass is 9.99. The third kappa shape index (κ3) is 6.71. The number of halogens is 1. The van der Waals surface area contributed by atoms with Crippen molar-refractivity contribution in [3.63, 3.8) is 0 Å². The van der Waals surface area contributed by atoms with Crippen molar-refractivity contribution in [1.29, 1.82) is 0 Å². The molecule has 0 saturated heterocycles. The molecule has 0 radical (unpaired) electrons. The van der Waals surface area contributed by atoms with E-state index in [0.717, 1.165) is 54.1 Å². The van der Waals surface area contributed by atoms with Gasteiger partial charge in [-0.25, -0.2) is 13.8 Å². The number of nitrogens with one attached hydrogen (secondary N) is 1. The SMILES string of the molecule is COc1ccc(N(CC(=O)NN=C2CCCCCCC2)S(=O)(=O)c2ccc(C)cc2)cc1Cl. The molecule has 2 aromatic carbocycles. The molecule has 0 bridgehead atoms. The number of rotatable bonds is 7. The molecule has 0 spiro atoms. The van der Waals surface area contributed by atoms with Gasteiger partial charge < -0.3 is 4.74 Å². The highest BCUT2D eigenvalue weighted by Crippen LogP contribution is 2.32.